The van der Waals surface area contributed by atoms with Gasteiger partial charge in [0.15, 0.2) is 11.5 Å². The quantitative estimate of drug-likeness (QED) is 0.312. The first-order valence-corrected chi connectivity index (χ1v) is 11.7. The number of hydrogen-bond acceptors (Lipinski definition) is 6. The maximum absolute atomic E-state index is 15.8. The third-order valence-electron chi connectivity index (χ3n) is 5.52. The van der Waals surface area contributed by atoms with E-state index < -0.39 is 41.9 Å². The molecule has 1 heterocycles. The van der Waals surface area contributed by atoms with Gasteiger partial charge in [-0.05, 0) is 55.5 Å². The van der Waals surface area contributed by atoms with Gasteiger partial charge in [-0.25, -0.2) is 13.8 Å². The zero-order valence-electron chi connectivity index (χ0n) is 20.9. The molecule has 3 rings (SSSR count). The highest BCUT2D eigenvalue weighted by Gasteiger charge is 2.58. The van der Waals surface area contributed by atoms with Crippen LogP contribution in [0.1, 0.15) is 23.0 Å². The molecule has 7 nitrogen and oxygen atoms in total. The van der Waals surface area contributed by atoms with E-state index in [1.165, 1.54) is 45.4 Å². The van der Waals surface area contributed by atoms with Crippen LogP contribution in [0.5, 0.6) is 17.2 Å². The first-order valence-electron chi connectivity index (χ1n) is 11.3. The Morgan fingerprint density at radius 1 is 1.03 bits per heavy atom. The summed E-state index contributed by atoms with van der Waals surface area (Å²) in [5.74, 6) is -1.56. The van der Waals surface area contributed by atoms with E-state index in [-0.39, 0.29) is 45.7 Å². The van der Waals surface area contributed by atoms with Crippen LogP contribution in [-0.4, -0.2) is 55.6 Å². The van der Waals surface area contributed by atoms with Crippen LogP contribution in [0.15, 0.2) is 48.5 Å². The molecular formula is C26H24ClF5N2O5. The molecule has 1 unspecified atom stereocenters. The van der Waals surface area contributed by atoms with E-state index in [0.29, 0.717) is 0 Å². The minimum atomic E-state index is -5.49. The summed E-state index contributed by atoms with van der Waals surface area (Å²) in [6.45, 7) is -0.0900. The molecule has 13 heteroatoms. The molecule has 0 aliphatic heterocycles. The van der Waals surface area contributed by atoms with Gasteiger partial charge >= 0.3 is 6.18 Å². The number of halogens is 6. The van der Waals surface area contributed by atoms with Crippen LogP contribution >= 0.6 is 11.6 Å². The fourth-order valence-electron chi connectivity index (χ4n) is 3.46. The van der Waals surface area contributed by atoms with E-state index in [9.17, 15) is 27.5 Å². The first-order chi connectivity index (χ1) is 18.3. The number of nitrogens with one attached hydrogen (secondary N) is 1. The van der Waals surface area contributed by atoms with Crippen molar-refractivity contribution in [3.8, 4) is 28.5 Å². The summed E-state index contributed by atoms with van der Waals surface area (Å²) in [6.07, 6.45) is -6.28. The second-order valence-electron chi connectivity index (χ2n) is 8.38. The summed E-state index contributed by atoms with van der Waals surface area (Å²) < 4.78 is 87.2. The Hall–Kier alpha value is -3.64. The van der Waals surface area contributed by atoms with Gasteiger partial charge < -0.3 is 24.6 Å². The van der Waals surface area contributed by atoms with Crippen molar-refractivity contribution < 1.29 is 46.1 Å². The lowest BCUT2D eigenvalue weighted by molar-refractivity contribution is -0.234. The molecular weight excluding hydrogens is 551 g/mol. The molecule has 0 saturated heterocycles. The molecule has 2 atom stereocenters. The largest absolute Gasteiger partial charge is 0.494 e. The highest BCUT2D eigenvalue weighted by atomic mass is 35.5. The van der Waals surface area contributed by atoms with Crippen molar-refractivity contribution in [2.24, 2.45) is 0 Å². The summed E-state index contributed by atoms with van der Waals surface area (Å²) in [6, 6.07) is 8.92. The predicted molar refractivity (Wildman–Crippen MR) is 133 cm³/mol. The van der Waals surface area contributed by atoms with E-state index in [1.807, 2.05) is 5.32 Å². The summed E-state index contributed by atoms with van der Waals surface area (Å²) in [4.78, 5) is 16.5. The average molecular weight is 575 g/mol. The Balaban J connectivity index is 1.93. The standard InChI is InChI=1S/C26H24ClF5N2O5/c1-14(35)12-39-19-7-5-16(11-21(19)38-3)24(36)33-13-25(29,26(30,31)32)22-9-8-20(37-2)23(34-22)15-4-6-18(28)17(27)10-15/h4-11,14,35H,12-13H2,1-3H3,(H,33,36)/t14-,25?/m1/s1. The number of aromatic nitrogens is 1. The highest BCUT2D eigenvalue weighted by Crippen LogP contribution is 2.43. The molecule has 0 radical (unpaired) electrons. The predicted octanol–water partition coefficient (Wildman–Crippen LogP) is 5.48. The number of amides is 1. The summed E-state index contributed by atoms with van der Waals surface area (Å²) in [7, 11) is 2.51. The van der Waals surface area contributed by atoms with Gasteiger partial charge in [0.05, 0.1) is 37.6 Å². The smallest absolute Gasteiger partial charge is 0.430 e. The van der Waals surface area contributed by atoms with E-state index in [0.717, 1.165) is 24.3 Å². The Kier molecular flexibility index (Phi) is 9.23. The van der Waals surface area contributed by atoms with Gasteiger partial charge in [0, 0.05) is 11.1 Å². The third kappa shape index (κ3) is 6.69. The number of alkyl halides is 4. The van der Waals surface area contributed by atoms with E-state index in [1.54, 1.807) is 0 Å². The number of aliphatic hydroxyl groups excluding tert-OH is 1. The number of nitrogens with zero attached hydrogens (tertiary/aromatic N) is 1. The zero-order valence-corrected chi connectivity index (χ0v) is 21.7. The van der Waals surface area contributed by atoms with Crippen molar-refractivity contribution in [1.29, 1.82) is 0 Å². The molecule has 1 amide bonds. The fourth-order valence-corrected chi connectivity index (χ4v) is 3.64. The maximum Gasteiger partial charge on any atom is 0.430 e. The van der Waals surface area contributed by atoms with Crippen LogP contribution < -0.4 is 19.5 Å². The Bertz CT molecular complexity index is 1340. The third-order valence-corrected chi connectivity index (χ3v) is 5.81. The molecule has 1 aromatic heterocycles. The second kappa shape index (κ2) is 12.0. The molecule has 0 fully saturated rings. The number of hydrogen-bond donors (Lipinski definition) is 2. The van der Waals surface area contributed by atoms with Crippen LogP contribution in [-0.2, 0) is 5.67 Å². The van der Waals surface area contributed by atoms with Crippen LogP contribution in [0.3, 0.4) is 0 Å². The number of aliphatic hydroxyl groups is 1. The minimum absolute atomic E-state index is 0.0139. The van der Waals surface area contributed by atoms with Crippen LogP contribution in [0.25, 0.3) is 11.3 Å². The van der Waals surface area contributed by atoms with Crippen LogP contribution in [0, 0.1) is 5.82 Å². The number of carbonyl (C=O) groups is 1. The SMILES string of the molecule is COc1cc(C(=O)NCC(F)(c2ccc(OC)c(-c3ccc(F)c(Cl)c3)n2)C(F)(F)F)ccc1OC[C@@H](C)O. The molecule has 2 aromatic carbocycles. The number of carbonyl (C=O) groups excluding carboxylic acids is 1. The van der Waals surface area contributed by atoms with E-state index >= 15 is 4.39 Å². The fraction of sp³-hybridized carbons (Fsp3) is 0.308. The van der Waals surface area contributed by atoms with Crippen molar-refractivity contribution in [2.45, 2.75) is 24.9 Å². The molecule has 210 valence electrons. The number of methoxy groups -OCH3 is 2. The molecule has 39 heavy (non-hydrogen) atoms. The number of pyridine rings is 1. The van der Waals surface area contributed by atoms with Crippen molar-refractivity contribution in [3.63, 3.8) is 0 Å². The molecule has 0 aliphatic rings. The normalized spacial score (nSPS) is 13.8. The molecule has 0 bridgehead atoms. The van der Waals surface area contributed by atoms with Crippen molar-refractivity contribution >= 4 is 17.5 Å². The van der Waals surface area contributed by atoms with Crippen molar-refractivity contribution in [1.82, 2.24) is 10.3 Å². The van der Waals surface area contributed by atoms with Gasteiger partial charge in [-0.3, -0.25) is 4.79 Å². The van der Waals surface area contributed by atoms with Gasteiger partial charge in [0.2, 0.25) is 0 Å². The van der Waals surface area contributed by atoms with Crippen LogP contribution in [0.4, 0.5) is 22.0 Å². The molecule has 0 saturated carbocycles. The molecule has 2 N–H and O–H groups in total. The van der Waals surface area contributed by atoms with Crippen molar-refractivity contribution in [3.05, 3.63) is 70.6 Å². The van der Waals surface area contributed by atoms with Gasteiger partial charge in [-0.1, -0.05) is 11.6 Å². The number of ether oxygens (including phenoxy) is 3. The zero-order chi connectivity index (χ0) is 29.0. The lowest BCUT2D eigenvalue weighted by Gasteiger charge is -2.28. The average Bonchev–Trinajstić information content (AvgIpc) is 2.90. The summed E-state index contributed by atoms with van der Waals surface area (Å²) in [5, 5.41) is 11.0. The summed E-state index contributed by atoms with van der Waals surface area (Å²) in [5.41, 5.74) is -5.44. The van der Waals surface area contributed by atoms with E-state index in [4.69, 9.17) is 25.8 Å². The molecule has 0 aliphatic carbocycles. The Morgan fingerprint density at radius 3 is 2.28 bits per heavy atom. The van der Waals surface area contributed by atoms with Gasteiger partial charge in [0.1, 0.15) is 23.9 Å². The first kappa shape index (κ1) is 29.9. The van der Waals surface area contributed by atoms with Gasteiger partial charge in [-0.15, -0.1) is 0 Å². The highest BCUT2D eigenvalue weighted by molar-refractivity contribution is 6.31. The molecule has 0 spiro atoms. The molecule has 3 aromatic rings. The van der Waals surface area contributed by atoms with Crippen molar-refractivity contribution in [2.75, 3.05) is 27.4 Å². The Labute approximate surface area is 225 Å². The topological polar surface area (TPSA) is 89.9 Å². The lowest BCUT2D eigenvalue weighted by atomic mass is 9.98. The number of benzene rings is 2. The Morgan fingerprint density at radius 2 is 1.69 bits per heavy atom. The lowest BCUT2D eigenvalue weighted by Crippen LogP contribution is -2.48. The van der Waals surface area contributed by atoms with E-state index in [2.05, 4.69) is 4.98 Å². The second-order valence-corrected chi connectivity index (χ2v) is 8.79. The maximum atomic E-state index is 15.8. The number of rotatable bonds is 10. The van der Waals surface area contributed by atoms with Gasteiger partial charge in [0.25, 0.3) is 11.6 Å². The summed E-state index contributed by atoms with van der Waals surface area (Å²) >= 11 is 5.79. The van der Waals surface area contributed by atoms with Gasteiger partial charge in [-0.2, -0.15) is 13.2 Å². The monoisotopic (exact) mass is 574 g/mol. The van der Waals surface area contributed by atoms with Crippen LogP contribution in [0.2, 0.25) is 5.02 Å². The minimum Gasteiger partial charge on any atom is -0.494 e.